The zero-order valence-electron chi connectivity index (χ0n) is 27.4. The third kappa shape index (κ3) is 7.14. The Kier molecular flexibility index (Phi) is 9.01. The van der Waals surface area contributed by atoms with Crippen LogP contribution in [0.15, 0.2) is 30.3 Å². The minimum atomic E-state index is -0.991. The maximum absolute atomic E-state index is 13.1. The van der Waals surface area contributed by atoms with Gasteiger partial charge < -0.3 is 19.3 Å². The van der Waals surface area contributed by atoms with Gasteiger partial charge in [0.15, 0.2) is 11.5 Å². The average Bonchev–Trinajstić information content (AvgIpc) is 3.56. The number of ether oxygens (including phenoxy) is 2. The number of aromatic nitrogens is 2. The van der Waals surface area contributed by atoms with Crippen LogP contribution in [0.4, 0.5) is 5.82 Å². The van der Waals surface area contributed by atoms with Crippen molar-refractivity contribution >= 4 is 35.4 Å². The van der Waals surface area contributed by atoms with E-state index in [0.29, 0.717) is 24.2 Å². The molecule has 0 saturated carbocycles. The molecule has 1 unspecified atom stereocenters. The zero-order valence-corrected chi connectivity index (χ0v) is 27.4. The van der Waals surface area contributed by atoms with E-state index in [9.17, 15) is 24.0 Å². The second kappa shape index (κ2) is 13.0. The van der Waals surface area contributed by atoms with Gasteiger partial charge in [-0.15, -0.1) is 10.2 Å². The molecular formula is C34H42N6O7. The van der Waals surface area contributed by atoms with Crippen molar-refractivity contribution in [1.29, 1.82) is 0 Å². The third-order valence-electron chi connectivity index (χ3n) is 9.32. The molecule has 4 aliphatic rings. The minimum absolute atomic E-state index is 0.0805. The van der Waals surface area contributed by atoms with E-state index in [1.165, 1.54) is 0 Å². The molecule has 4 atom stereocenters. The maximum Gasteiger partial charge on any atom is 0.359 e. The van der Waals surface area contributed by atoms with Crippen LogP contribution in [0.3, 0.4) is 0 Å². The predicted octanol–water partition coefficient (Wildman–Crippen LogP) is 2.84. The largest absolute Gasteiger partial charge is 0.493 e. The van der Waals surface area contributed by atoms with Crippen LogP contribution in [-0.2, 0) is 14.3 Å². The number of piperidine rings is 2. The molecule has 47 heavy (non-hydrogen) atoms. The van der Waals surface area contributed by atoms with Crippen LogP contribution < -0.4 is 15.0 Å². The predicted molar refractivity (Wildman–Crippen MR) is 170 cm³/mol. The van der Waals surface area contributed by atoms with Crippen LogP contribution in [0.2, 0.25) is 0 Å². The highest BCUT2D eigenvalue weighted by Crippen LogP contribution is 2.32. The van der Waals surface area contributed by atoms with Gasteiger partial charge in [-0.3, -0.25) is 29.4 Å². The van der Waals surface area contributed by atoms with Gasteiger partial charge in [0.05, 0.1) is 17.7 Å². The zero-order chi connectivity index (χ0) is 33.5. The SMILES string of the molecule is C[C@H]1C[C@@H](CN2CC[C@@H](COc3ccc4c(c3)C(=O)N(C3CCC(=O)NC3=O)C4=O)C2)CCN1c1ccc(C(=O)OC(C)(C)C)nn1. The van der Waals surface area contributed by atoms with E-state index in [2.05, 4.69) is 32.2 Å². The summed E-state index contributed by atoms with van der Waals surface area (Å²) in [5.74, 6) is -0.392. The number of amides is 4. The first-order valence-electron chi connectivity index (χ1n) is 16.4. The molecule has 3 fully saturated rings. The summed E-state index contributed by atoms with van der Waals surface area (Å²) in [6.45, 7) is 12.0. The van der Waals surface area contributed by atoms with Crippen LogP contribution in [0.25, 0.3) is 0 Å². The highest BCUT2D eigenvalue weighted by Gasteiger charge is 2.44. The monoisotopic (exact) mass is 646 g/mol. The second-order valence-corrected chi connectivity index (χ2v) is 14.1. The van der Waals surface area contributed by atoms with Gasteiger partial charge in [0, 0.05) is 38.0 Å². The summed E-state index contributed by atoms with van der Waals surface area (Å²) in [6.07, 6.45) is 3.28. The molecule has 1 aromatic heterocycles. The average molecular weight is 647 g/mol. The van der Waals surface area contributed by atoms with Gasteiger partial charge in [0.1, 0.15) is 17.4 Å². The number of rotatable bonds is 8. The van der Waals surface area contributed by atoms with Crippen LogP contribution in [0, 0.1) is 11.8 Å². The number of carbonyl (C=O) groups is 5. The number of anilines is 1. The highest BCUT2D eigenvalue weighted by molar-refractivity contribution is 6.23. The molecule has 1 aromatic carbocycles. The number of carbonyl (C=O) groups excluding carboxylic acids is 5. The van der Waals surface area contributed by atoms with E-state index >= 15 is 0 Å². The van der Waals surface area contributed by atoms with Crippen molar-refractivity contribution in [3.8, 4) is 5.75 Å². The number of hydrogen-bond donors (Lipinski definition) is 1. The number of fused-ring (bicyclic) bond motifs is 1. The summed E-state index contributed by atoms with van der Waals surface area (Å²) in [5.41, 5.74) is 0.0724. The van der Waals surface area contributed by atoms with Crippen molar-refractivity contribution in [2.75, 3.05) is 37.7 Å². The quantitative estimate of drug-likeness (QED) is 0.333. The summed E-state index contributed by atoms with van der Waals surface area (Å²) < 4.78 is 11.5. The van der Waals surface area contributed by atoms with Gasteiger partial charge >= 0.3 is 5.97 Å². The van der Waals surface area contributed by atoms with Crippen molar-refractivity contribution in [2.24, 2.45) is 11.8 Å². The van der Waals surface area contributed by atoms with E-state index in [0.717, 1.165) is 56.2 Å². The molecule has 4 amide bonds. The van der Waals surface area contributed by atoms with E-state index in [-0.39, 0.29) is 35.7 Å². The van der Waals surface area contributed by atoms with Gasteiger partial charge in [-0.25, -0.2) is 4.79 Å². The minimum Gasteiger partial charge on any atom is -0.493 e. The fraction of sp³-hybridized carbons (Fsp3) is 0.559. The number of nitrogens with one attached hydrogen (secondary N) is 1. The van der Waals surface area contributed by atoms with Crippen LogP contribution in [0.5, 0.6) is 5.75 Å². The van der Waals surface area contributed by atoms with Crippen molar-refractivity contribution < 1.29 is 33.4 Å². The van der Waals surface area contributed by atoms with Crippen molar-refractivity contribution in [3.05, 3.63) is 47.2 Å². The van der Waals surface area contributed by atoms with Crippen LogP contribution >= 0.6 is 0 Å². The first-order chi connectivity index (χ1) is 22.4. The lowest BCUT2D eigenvalue weighted by molar-refractivity contribution is -0.136. The van der Waals surface area contributed by atoms with Crippen LogP contribution in [-0.4, -0.2) is 100 Å². The first-order valence-corrected chi connectivity index (χ1v) is 16.4. The van der Waals surface area contributed by atoms with Gasteiger partial charge in [-0.1, -0.05) is 0 Å². The normalized spacial score (nSPS) is 25.2. The Balaban J connectivity index is 0.964. The Morgan fingerprint density at radius 3 is 2.43 bits per heavy atom. The second-order valence-electron chi connectivity index (χ2n) is 14.1. The fourth-order valence-electron chi connectivity index (χ4n) is 7.03. The van der Waals surface area contributed by atoms with E-state index in [4.69, 9.17) is 9.47 Å². The Morgan fingerprint density at radius 2 is 1.72 bits per heavy atom. The standard InChI is InChI=1S/C34H42N6O7/c1-20-15-21(12-14-39(20)28-9-7-26(36-37-28)33(45)47-34(2,3)4)17-38-13-11-22(18-38)19-46-23-5-6-24-25(16-23)32(44)40(31(24)43)27-8-10-29(41)35-30(27)42/h5-7,9,16,20-22,27H,8,10-15,17-19H2,1-4H3,(H,35,41,42)/t20-,21-,22+,27?/m0/s1. The topological polar surface area (TPSA) is 151 Å². The Bertz CT molecular complexity index is 1570. The molecule has 1 N–H and O–H groups in total. The lowest BCUT2D eigenvalue weighted by Crippen LogP contribution is -2.54. The molecule has 13 nitrogen and oxygen atoms in total. The Hall–Kier alpha value is -4.39. The lowest BCUT2D eigenvalue weighted by atomic mass is 9.91. The van der Waals surface area contributed by atoms with Gasteiger partial charge in [-0.2, -0.15) is 0 Å². The molecular weight excluding hydrogens is 604 g/mol. The fourth-order valence-corrected chi connectivity index (χ4v) is 7.03. The number of benzene rings is 1. The van der Waals surface area contributed by atoms with Gasteiger partial charge in [-0.05, 0) is 96.2 Å². The molecule has 4 aliphatic heterocycles. The summed E-state index contributed by atoms with van der Waals surface area (Å²) in [4.78, 5) is 68.0. The first kappa shape index (κ1) is 32.5. The molecule has 2 aromatic rings. The molecule has 0 spiro atoms. The molecule has 250 valence electrons. The third-order valence-corrected chi connectivity index (χ3v) is 9.32. The maximum atomic E-state index is 13.1. The molecule has 0 radical (unpaired) electrons. The van der Waals surface area contributed by atoms with Crippen molar-refractivity contribution in [3.63, 3.8) is 0 Å². The molecule has 3 saturated heterocycles. The Morgan fingerprint density at radius 1 is 0.957 bits per heavy atom. The van der Waals surface area contributed by atoms with E-state index < -0.39 is 41.2 Å². The van der Waals surface area contributed by atoms with E-state index in [1.54, 1.807) is 24.3 Å². The highest BCUT2D eigenvalue weighted by atomic mass is 16.6. The Labute approximate surface area is 273 Å². The van der Waals surface area contributed by atoms with Crippen molar-refractivity contribution in [1.82, 2.24) is 25.3 Å². The van der Waals surface area contributed by atoms with E-state index in [1.807, 2.05) is 26.8 Å². The summed E-state index contributed by atoms with van der Waals surface area (Å²) >= 11 is 0. The van der Waals surface area contributed by atoms with Gasteiger partial charge in [0.2, 0.25) is 11.8 Å². The molecule has 0 bridgehead atoms. The summed E-state index contributed by atoms with van der Waals surface area (Å²) in [6, 6.07) is 7.67. The number of imide groups is 2. The smallest absolute Gasteiger partial charge is 0.359 e. The lowest BCUT2D eigenvalue weighted by Gasteiger charge is -2.39. The van der Waals surface area contributed by atoms with Crippen LogP contribution in [0.1, 0.15) is 91.0 Å². The number of nitrogens with zero attached hydrogens (tertiary/aromatic N) is 5. The van der Waals surface area contributed by atoms with Crippen molar-refractivity contribution in [2.45, 2.75) is 77.5 Å². The number of hydrogen-bond acceptors (Lipinski definition) is 11. The van der Waals surface area contributed by atoms with Gasteiger partial charge in [0.25, 0.3) is 11.8 Å². The summed E-state index contributed by atoms with van der Waals surface area (Å²) in [5, 5.41) is 10.7. The summed E-state index contributed by atoms with van der Waals surface area (Å²) in [7, 11) is 0. The molecule has 13 heteroatoms. The molecule has 5 heterocycles. The number of esters is 1. The molecule has 0 aliphatic carbocycles. The molecule has 6 rings (SSSR count). The number of likely N-dealkylation sites (tertiary alicyclic amines) is 1.